The van der Waals surface area contributed by atoms with Gasteiger partial charge in [-0.1, -0.05) is 23.8 Å². The van der Waals surface area contributed by atoms with Gasteiger partial charge in [-0.15, -0.1) is 0 Å². The number of piperazine rings is 1. The summed E-state index contributed by atoms with van der Waals surface area (Å²) in [5.74, 6) is -1.09. The number of rotatable bonds is 21. The van der Waals surface area contributed by atoms with Crippen molar-refractivity contribution in [3.8, 4) is 11.1 Å². The van der Waals surface area contributed by atoms with E-state index in [2.05, 4.69) is 20.4 Å². The number of fused-ring (bicyclic) bond motifs is 1. The van der Waals surface area contributed by atoms with Crippen LogP contribution in [0.3, 0.4) is 0 Å². The Labute approximate surface area is 391 Å². The largest absolute Gasteiger partial charge is 0.382 e. The molecule has 1 unspecified atom stereocenters. The SMILES string of the molecule is CC1=CC(C)=C(CCC(=O)c2cc(-c3ccc(N4CCN(CCC(=O)CCCOCCCc5cccc6c5C(=O)N(C5CCC(=O)NC5=O)C6=O)CC4)nc3)cc(NC(C)C)c2C=N)C(=O)C1. The van der Waals surface area contributed by atoms with Crippen LogP contribution in [0.1, 0.15) is 128 Å². The molecule has 15 nitrogen and oxygen atoms in total. The third kappa shape index (κ3) is 11.6. The Morgan fingerprint density at radius 1 is 0.925 bits per heavy atom. The van der Waals surface area contributed by atoms with Gasteiger partial charge >= 0.3 is 0 Å². The number of carbonyl (C=O) groups is 7. The number of anilines is 2. The number of benzene rings is 2. The van der Waals surface area contributed by atoms with E-state index in [4.69, 9.17) is 15.1 Å². The third-order valence-electron chi connectivity index (χ3n) is 12.9. The predicted molar refractivity (Wildman–Crippen MR) is 256 cm³/mol. The monoisotopic (exact) mass is 911 g/mol. The number of hydrogen-bond donors (Lipinski definition) is 3. The quantitative estimate of drug-likeness (QED) is 0.0444. The molecule has 67 heavy (non-hydrogen) atoms. The molecule has 0 saturated carbocycles. The molecule has 4 aliphatic rings. The molecule has 1 aromatic heterocycles. The lowest BCUT2D eigenvalue weighted by molar-refractivity contribution is -0.136. The minimum atomic E-state index is -1.00. The normalized spacial score (nSPS) is 17.8. The molecular formula is C52H61N7O8. The van der Waals surface area contributed by atoms with E-state index in [0.717, 1.165) is 59.2 Å². The number of nitrogens with zero attached hydrogens (tertiary/aromatic N) is 4. The number of imide groups is 2. The standard InChI is InChI=1S/C52H61N7O8/c1-32(2)55-43-29-37(28-41(42(43)30-53)45(61)15-13-39-34(4)26-33(3)27-46(39)62)36-12-16-47(54-31-36)58-22-20-57(21-23-58)19-18-38(60)10-7-25-67-24-6-9-35-8-5-11-40-49(35)52(66)59(51(40)65)44-14-17-48(63)56-50(44)64/h5,8,11-12,16,26,28-32,44,53,55H,6-7,9-10,13-15,17-25,27H2,1-4H3,(H,56,63,64). The van der Waals surface area contributed by atoms with E-state index in [1.54, 1.807) is 18.2 Å². The summed E-state index contributed by atoms with van der Waals surface area (Å²) in [7, 11) is 0. The fourth-order valence-corrected chi connectivity index (χ4v) is 9.42. The van der Waals surface area contributed by atoms with E-state index in [1.165, 1.54) is 6.21 Å². The van der Waals surface area contributed by atoms with Gasteiger partial charge < -0.3 is 20.4 Å². The van der Waals surface area contributed by atoms with Crippen molar-refractivity contribution in [1.82, 2.24) is 20.1 Å². The Morgan fingerprint density at radius 2 is 1.70 bits per heavy atom. The van der Waals surface area contributed by atoms with Crippen molar-refractivity contribution < 1.29 is 38.3 Å². The molecule has 1 aliphatic carbocycles. The average Bonchev–Trinajstić information content (AvgIpc) is 3.55. The Hall–Kier alpha value is -6.45. The first-order valence-corrected chi connectivity index (χ1v) is 23.5. The number of pyridine rings is 1. The fraction of sp³-hybridized carbons (Fsp3) is 0.442. The minimum absolute atomic E-state index is 0.0666. The maximum atomic E-state index is 13.8. The highest BCUT2D eigenvalue weighted by Gasteiger charge is 2.45. The van der Waals surface area contributed by atoms with E-state index in [9.17, 15) is 33.6 Å². The van der Waals surface area contributed by atoms with E-state index >= 15 is 0 Å². The first kappa shape index (κ1) is 48.5. The molecule has 3 aliphatic heterocycles. The van der Waals surface area contributed by atoms with E-state index < -0.39 is 29.7 Å². The van der Waals surface area contributed by atoms with Gasteiger partial charge in [0.1, 0.15) is 17.6 Å². The van der Waals surface area contributed by atoms with Crippen molar-refractivity contribution in [3.63, 3.8) is 0 Å². The molecule has 2 fully saturated rings. The molecule has 15 heteroatoms. The topological polar surface area (TPSA) is 199 Å². The second kappa shape index (κ2) is 21.9. The van der Waals surface area contributed by atoms with Crippen LogP contribution < -0.4 is 15.5 Å². The molecule has 0 spiro atoms. The molecule has 3 aromatic rings. The maximum Gasteiger partial charge on any atom is 0.262 e. The minimum Gasteiger partial charge on any atom is -0.382 e. The summed E-state index contributed by atoms with van der Waals surface area (Å²) in [5.41, 5.74) is 7.24. The Kier molecular flexibility index (Phi) is 15.8. The number of nitrogens with one attached hydrogen (secondary N) is 3. The molecule has 7 rings (SSSR count). The molecule has 4 amide bonds. The van der Waals surface area contributed by atoms with Crippen LogP contribution >= 0.6 is 0 Å². The van der Waals surface area contributed by atoms with Gasteiger partial charge in [-0.25, -0.2) is 4.98 Å². The van der Waals surface area contributed by atoms with Gasteiger partial charge in [-0.3, -0.25) is 48.7 Å². The second-order valence-corrected chi connectivity index (χ2v) is 18.2. The first-order chi connectivity index (χ1) is 32.2. The number of hydrogen-bond acceptors (Lipinski definition) is 13. The number of aryl methyl sites for hydroxylation is 1. The van der Waals surface area contributed by atoms with Crippen molar-refractivity contribution in [3.05, 3.63) is 99.3 Å². The van der Waals surface area contributed by atoms with Crippen LogP contribution in [0.2, 0.25) is 0 Å². The summed E-state index contributed by atoms with van der Waals surface area (Å²) in [5, 5.41) is 13.9. The fourth-order valence-electron chi connectivity index (χ4n) is 9.42. The third-order valence-corrected chi connectivity index (χ3v) is 12.9. The zero-order valence-electron chi connectivity index (χ0n) is 39.0. The molecular weight excluding hydrogens is 851 g/mol. The van der Waals surface area contributed by atoms with Crippen LogP contribution in [0.4, 0.5) is 11.5 Å². The Morgan fingerprint density at radius 3 is 2.40 bits per heavy atom. The van der Waals surface area contributed by atoms with Gasteiger partial charge in [0.25, 0.3) is 11.8 Å². The summed E-state index contributed by atoms with van der Waals surface area (Å²) in [6.07, 6.45) is 8.76. The zero-order valence-corrected chi connectivity index (χ0v) is 39.0. The molecule has 2 saturated heterocycles. The van der Waals surface area contributed by atoms with Crippen molar-refractivity contribution in [2.75, 3.05) is 56.2 Å². The molecule has 0 radical (unpaired) electrons. The smallest absolute Gasteiger partial charge is 0.262 e. The van der Waals surface area contributed by atoms with E-state index in [-0.39, 0.29) is 48.2 Å². The van der Waals surface area contributed by atoms with Crippen LogP contribution in [0.25, 0.3) is 11.1 Å². The van der Waals surface area contributed by atoms with Crippen molar-refractivity contribution in [2.45, 2.75) is 104 Å². The van der Waals surface area contributed by atoms with Gasteiger partial charge in [0.2, 0.25) is 11.8 Å². The Balaban J connectivity index is 0.829. The first-order valence-electron chi connectivity index (χ1n) is 23.5. The number of amides is 4. The van der Waals surface area contributed by atoms with Gasteiger partial charge in [-0.2, -0.15) is 0 Å². The lowest BCUT2D eigenvalue weighted by atomic mass is 9.88. The average molecular weight is 912 g/mol. The highest BCUT2D eigenvalue weighted by Crippen LogP contribution is 2.33. The summed E-state index contributed by atoms with van der Waals surface area (Å²) in [4.78, 5) is 100. The summed E-state index contributed by atoms with van der Waals surface area (Å²) < 4.78 is 5.82. The lowest BCUT2D eigenvalue weighted by Crippen LogP contribution is -2.54. The van der Waals surface area contributed by atoms with Crippen molar-refractivity contribution in [1.29, 1.82) is 5.41 Å². The van der Waals surface area contributed by atoms with Crippen LogP contribution in [0.15, 0.2) is 71.5 Å². The maximum absolute atomic E-state index is 13.8. The van der Waals surface area contributed by atoms with E-state index in [0.29, 0.717) is 98.2 Å². The molecule has 3 N–H and O–H groups in total. The number of carbonyl (C=O) groups excluding carboxylic acids is 7. The van der Waals surface area contributed by atoms with Gasteiger partial charge in [0, 0.05) is 119 Å². The molecule has 2 aromatic carbocycles. The van der Waals surface area contributed by atoms with Crippen LogP contribution in [0, 0.1) is 5.41 Å². The van der Waals surface area contributed by atoms with Crippen LogP contribution in [-0.4, -0.2) is 120 Å². The molecule has 1 atom stereocenters. The predicted octanol–water partition coefficient (Wildman–Crippen LogP) is 6.68. The second-order valence-electron chi connectivity index (χ2n) is 18.2. The number of ether oxygens (including phenoxy) is 1. The van der Waals surface area contributed by atoms with Gasteiger partial charge in [0.15, 0.2) is 11.6 Å². The van der Waals surface area contributed by atoms with Gasteiger partial charge in [0.05, 0.1) is 11.1 Å². The number of allylic oxidation sites excluding steroid dienone is 4. The van der Waals surface area contributed by atoms with Crippen molar-refractivity contribution in [2.24, 2.45) is 0 Å². The van der Waals surface area contributed by atoms with Gasteiger partial charge in [-0.05, 0) is 112 Å². The summed E-state index contributed by atoms with van der Waals surface area (Å²) in [6, 6.07) is 12.0. The Bertz CT molecular complexity index is 2520. The lowest BCUT2D eigenvalue weighted by Gasteiger charge is -2.35. The summed E-state index contributed by atoms with van der Waals surface area (Å²) in [6.45, 7) is 12.6. The number of piperidine rings is 1. The number of aromatic nitrogens is 1. The molecule has 0 bridgehead atoms. The van der Waals surface area contributed by atoms with Crippen LogP contribution in [-0.2, 0) is 30.3 Å². The number of Topliss-reactive ketones (excluding diaryl/α,β-unsaturated/α-hetero) is 3. The zero-order chi connectivity index (χ0) is 47.8. The van der Waals surface area contributed by atoms with Crippen LogP contribution in [0.5, 0.6) is 0 Å². The summed E-state index contributed by atoms with van der Waals surface area (Å²) >= 11 is 0. The van der Waals surface area contributed by atoms with E-state index in [1.807, 2.05) is 64.2 Å². The molecule has 4 heterocycles. The highest BCUT2D eigenvalue weighted by molar-refractivity contribution is 6.24. The van der Waals surface area contributed by atoms with Crippen molar-refractivity contribution >= 4 is 58.7 Å². The number of ketones is 3. The highest BCUT2D eigenvalue weighted by atomic mass is 16.5. The molecule has 352 valence electrons.